The van der Waals surface area contributed by atoms with Gasteiger partial charge in [-0.1, -0.05) is 0 Å². The number of pyridine rings is 1. The van der Waals surface area contributed by atoms with Crippen molar-refractivity contribution in [2.24, 2.45) is 5.92 Å². The predicted octanol–water partition coefficient (Wildman–Crippen LogP) is -0.504. The summed E-state index contributed by atoms with van der Waals surface area (Å²) in [6.07, 6.45) is 1.39. The minimum absolute atomic E-state index is 0.182. The molecule has 1 fully saturated rings. The van der Waals surface area contributed by atoms with Crippen LogP contribution in [-0.2, 0) is 14.4 Å². The van der Waals surface area contributed by atoms with Crippen molar-refractivity contribution in [1.82, 2.24) is 15.8 Å². The van der Waals surface area contributed by atoms with Gasteiger partial charge in [0.2, 0.25) is 5.91 Å². The Morgan fingerprint density at radius 3 is 2.67 bits per heavy atom. The number of carbonyl (C=O) groups is 3. The van der Waals surface area contributed by atoms with Crippen molar-refractivity contribution in [3.05, 3.63) is 24.0 Å². The lowest BCUT2D eigenvalue weighted by Gasteiger charge is -2.07. The van der Waals surface area contributed by atoms with Gasteiger partial charge in [-0.15, -0.1) is 0 Å². The molecule has 7 nitrogen and oxygen atoms in total. The van der Waals surface area contributed by atoms with Crippen LogP contribution in [-0.4, -0.2) is 22.7 Å². The lowest BCUT2D eigenvalue weighted by Crippen LogP contribution is -2.28. The van der Waals surface area contributed by atoms with E-state index in [1.165, 1.54) is 0 Å². The summed E-state index contributed by atoms with van der Waals surface area (Å²) in [5.41, 5.74) is 5.70. The van der Waals surface area contributed by atoms with Gasteiger partial charge in [0.05, 0.1) is 0 Å². The fraction of sp³-hybridized carbons (Fsp3) is 0.273. The Hall–Kier alpha value is -2.44. The number of aromatic nitrogens is 1. The number of hydrazine groups is 1. The smallest absolute Gasteiger partial charge is 0.251 e. The molecule has 0 unspecified atom stereocenters. The average molecular weight is 248 g/mol. The third kappa shape index (κ3) is 2.62. The molecule has 7 heteroatoms. The number of hydrogen-bond donors (Lipinski definition) is 3. The van der Waals surface area contributed by atoms with Crippen LogP contribution in [0.15, 0.2) is 18.3 Å². The monoisotopic (exact) mass is 248 g/mol. The molecule has 94 valence electrons. The second-order valence-electron chi connectivity index (χ2n) is 3.97. The van der Waals surface area contributed by atoms with E-state index in [9.17, 15) is 14.4 Å². The number of carbonyl (C=O) groups excluding carboxylic acids is 3. The van der Waals surface area contributed by atoms with E-state index in [1.807, 2.05) is 0 Å². The Labute approximate surface area is 103 Å². The summed E-state index contributed by atoms with van der Waals surface area (Å²) in [6.45, 7) is 1.80. The minimum Gasteiger partial charge on any atom is -0.326 e. The molecule has 0 saturated carbocycles. The van der Waals surface area contributed by atoms with E-state index in [4.69, 9.17) is 0 Å². The zero-order valence-electron chi connectivity index (χ0n) is 9.69. The summed E-state index contributed by atoms with van der Waals surface area (Å²) in [6, 6.07) is 3.34. The van der Waals surface area contributed by atoms with Crippen LogP contribution in [0.4, 0.5) is 5.69 Å². The summed E-state index contributed by atoms with van der Waals surface area (Å²) < 4.78 is 0. The number of nitrogens with zero attached hydrogens (tertiary/aromatic N) is 1. The largest absolute Gasteiger partial charge is 0.326 e. The molecule has 0 aromatic carbocycles. The molecule has 3 N–H and O–H groups in total. The first-order valence-corrected chi connectivity index (χ1v) is 5.38. The second-order valence-corrected chi connectivity index (χ2v) is 3.97. The highest BCUT2D eigenvalue weighted by Crippen LogP contribution is 2.12. The number of rotatable bonds is 3. The first kappa shape index (κ1) is 12.0. The average Bonchev–Trinajstić information content (AvgIpc) is 2.61. The van der Waals surface area contributed by atoms with Crippen LogP contribution in [0.1, 0.15) is 12.1 Å². The van der Waals surface area contributed by atoms with Gasteiger partial charge in [0.15, 0.2) is 0 Å². The van der Waals surface area contributed by atoms with Crippen LogP contribution in [0.25, 0.3) is 0 Å². The predicted molar refractivity (Wildman–Crippen MR) is 62.0 cm³/mol. The van der Waals surface area contributed by atoms with E-state index >= 15 is 0 Å². The molecule has 1 aliphatic rings. The van der Waals surface area contributed by atoms with Crippen LogP contribution in [0.5, 0.6) is 0 Å². The third-order valence-electron chi connectivity index (χ3n) is 2.51. The molecule has 0 radical (unpaired) electrons. The van der Waals surface area contributed by atoms with Crippen LogP contribution in [0.2, 0.25) is 0 Å². The summed E-state index contributed by atoms with van der Waals surface area (Å²) in [5.74, 6) is -2.33. The molecule has 0 aliphatic carbocycles. The molecule has 1 aliphatic heterocycles. The van der Waals surface area contributed by atoms with E-state index in [1.54, 1.807) is 25.3 Å². The number of amides is 3. The Morgan fingerprint density at radius 1 is 1.39 bits per heavy atom. The molecule has 2 rings (SSSR count). The Bertz CT molecular complexity index is 499. The van der Waals surface area contributed by atoms with E-state index in [0.717, 1.165) is 5.69 Å². The van der Waals surface area contributed by atoms with E-state index in [2.05, 4.69) is 21.2 Å². The fourth-order valence-corrected chi connectivity index (χ4v) is 1.62. The Kier molecular flexibility index (Phi) is 3.22. The van der Waals surface area contributed by atoms with Gasteiger partial charge in [0, 0.05) is 24.0 Å². The van der Waals surface area contributed by atoms with Crippen molar-refractivity contribution < 1.29 is 14.4 Å². The normalized spacial score (nSPS) is 15.2. The van der Waals surface area contributed by atoms with Crippen LogP contribution in [0.3, 0.4) is 0 Å². The number of anilines is 1. The molecule has 0 spiro atoms. The highest BCUT2D eigenvalue weighted by molar-refractivity contribution is 6.08. The second kappa shape index (κ2) is 4.82. The van der Waals surface area contributed by atoms with Crippen molar-refractivity contribution >= 4 is 23.4 Å². The summed E-state index contributed by atoms with van der Waals surface area (Å²) in [5, 5.41) is 2.61. The number of nitrogens with one attached hydrogen (secondary N) is 3. The SMILES string of the molecule is Cc1cc(NC(=O)CC2C(=O)NNC2=O)ccn1. The third-order valence-corrected chi connectivity index (χ3v) is 2.51. The minimum atomic E-state index is -0.965. The maximum atomic E-state index is 11.7. The summed E-state index contributed by atoms with van der Waals surface area (Å²) >= 11 is 0. The van der Waals surface area contributed by atoms with Gasteiger partial charge in [-0.2, -0.15) is 0 Å². The van der Waals surface area contributed by atoms with E-state index in [-0.39, 0.29) is 6.42 Å². The maximum Gasteiger partial charge on any atom is 0.251 e. The quantitative estimate of drug-likeness (QED) is 0.627. The molecule has 1 aromatic heterocycles. The van der Waals surface area contributed by atoms with E-state index < -0.39 is 23.6 Å². The molecular weight excluding hydrogens is 236 g/mol. The first-order valence-electron chi connectivity index (χ1n) is 5.38. The molecule has 2 heterocycles. The van der Waals surface area contributed by atoms with Gasteiger partial charge < -0.3 is 5.32 Å². The van der Waals surface area contributed by atoms with Crippen molar-refractivity contribution in [2.45, 2.75) is 13.3 Å². The molecule has 3 amide bonds. The van der Waals surface area contributed by atoms with Gasteiger partial charge in [0.25, 0.3) is 11.8 Å². The van der Waals surface area contributed by atoms with Crippen LogP contribution >= 0.6 is 0 Å². The van der Waals surface area contributed by atoms with Gasteiger partial charge in [0.1, 0.15) is 5.92 Å². The number of hydrogen-bond acceptors (Lipinski definition) is 4. The van der Waals surface area contributed by atoms with Crippen LogP contribution < -0.4 is 16.2 Å². The van der Waals surface area contributed by atoms with Crippen molar-refractivity contribution in [2.75, 3.05) is 5.32 Å². The highest BCUT2D eigenvalue weighted by atomic mass is 16.2. The zero-order chi connectivity index (χ0) is 13.1. The lowest BCUT2D eigenvalue weighted by molar-refractivity contribution is -0.131. The van der Waals surface area contributed by atoms with Gasteiger partial charge in [-0.25, -0.2) is 0 Å². The number of aryl methyl sites for hydroxylation is 1. The van der Waals surface area contributed by atoms with Crippen molar-refractivity contribution in [3.8, 4) is 0 Å². The Morgan fingerprint density at radius 2 is 2.06 bits per heavy atom. The van der Waals surface area contributed by atoms with Gasteiger partial charge in [-0.3, -0.25) is 30.2 Å². The van der Waals surface area contributed by atoms with Gasteiger partial charge >= 0.3 is 0 Å². The summed E-state index contributed by atoms with van der Waals surface area (Å²) in [7, 11) is 0. The van der Waals surface area contributed by atoms with E-state index in [0.29, 0.717) is 5.69 Å². The molecule has 1 saturated heterocycles. The first-order chi connectivity index (χ1) is 8.56. The Balaban J connectivity index is 1.97. The van der Waals surface area contributed by atoms with Crippen molar-refractivity contribution in [1.29, 1.82) is 0 Å². The fourth-order valence-electron chi connectivity index (χ4n) is 1.62. The van der Waals surface area contributed by atoms with Crippen LogP contribution in [0, 0.1) is 12.8 Å². The maximum absolute atomic E-state index is 11.7. The highest BCUT2D eigenvalue weighted by Gasteiger charge is 2.34. The molecular formula is C11H12N4O3. The topological polar surface area (TPSA) is 100 Å². The summed E-state index contributed by atoms with van der Waals surface area (Å²) in [4.78, 5) is 38.2. The molecule has 1 aromatic rings. The molecule has 0 atom stereocenters. The lowest BCUT2D eigenvalue weighted by atomic mass is 10.1. The van der Waals surface area contributed by atoms with Gasteiger partial charge in [-0.05, 0) is 19.1 Å². The zero-order valence-corrected chi connectivity index (χ0v) is 9.69. The van der Waals surface area contributed by atoms with Crippen molar-refractivity contribution in [3.63, 3.8) is 0 Å². The molecule has 18 heavy (non-hydrogen) atoms. The molecule has 0 bridgehead atoms. The standard InChI is InChI=1S/C11H12N4O3/c1-6-4-7(2-3-12-6)13-9(16)5-8-10(17)14-15-11(8)18/h2-4,8H,5H2,1H3,(H,14,17)(H,15,18)(H,12,13,16).